The SMILES string of the molecule is CC(F)(F)C(=O)[O-].[Na+]. The maximum absolute atomic E-state index is 11.2. The molecular formula is C3H3F2NaO2. The van der Waals surface area contributed by atoms with Crippen LogP contribution in [0, 0.1) is 0 Å². The van der Waals surface area contributed by atoms with Crippen molar-refractivity contribution in [2.75, 3.05) is 0 Å². The van der Waals surface area contributed by atoms with Gasteiger partial charge in [-0.2, -0.15) is 0 Å². The molecule has 0 unspecified atom stereocenters. The topological polar surface area (TPSA) is 40.1 Å². The van der Waals surface area contributed by atoms with Gasteiger partial charge in [-0.15, -0.1) is 0 Å². The third-order valence-electron chi connectivity index (χ3n) is 0.358. The molecule has 0 fully saturated rings. The first kappa shape index (κ1) is 11.2. The zero-order valence-corrected chi connectivity index (χ0v) is 6.57. The van der Waals surface area contributed by atoms with Gasteiger partial charge in [0.1, 0.15) is 5.97 Å². The molecule has 0 radical (unpaired) electrons. The van der Waals surface area contributed by atoms with E-state index in [9.17, 15) is 8.78 Å². The van der Waals surface area contributed by atoms with Crippen molar-refractivity contribution in [3.63, 3.8) is 0 Å². The number of hydrogen-bond donors (Lipinski definition) is 0. The van der Waals surface area contributed by atoms with Gasteiger partial charge >= 0.3 is 29.6 Å². The van der Waals surface area contributed by atoms with Gasteiger partial charge in [-0.3, -0.25) is 0 Å². The second-order valence-corrected chi connectivity index (χ2v) is 1.18. The quantitative estimate of drug-likeness (QED) is 0.346. The smallest absolute Gasteiger partial charge is 0.544 e. The van der Waals surface area contributed by atoms with Gasteiger partial charge < -0.3 is 9.90 Å². The molecule has 0 heterocycles. The van der Waals surface area contributed by atoms with Crippen LogP contribution in [0.4, 0.5) is 8.78 Å². The zero-order valence-electron chi connectivity index (χ0n) is 4.57. The standard InChI is InChI=1S/C3H4F2O2.Na/c1-3(4,5)2(6)7;/h1H3,(H,6,7);/q;+1/p-1. The first-order valence-electron chi connectivity index (χ1n) is 1.54. The molecule has 0 rings (SSSR count). The second kappa shape index (κ2) is 3.37. The molecule has 0 aromatic heterocycles. The van der Waals surface area contributed by atoms with E-state index in [1.54, 1.807) is 0 Å². The van der Waals surface area contributed by atoms with E-state index >= 15 is 0 Å². The molecule has 0 saturated heterocycles. The summed E-state index contributed by atoms with van der Waals surface area (Å²) in [5.41, 5.74) is 0. The number of aliphatic carboxylic acids is 1. The number of carboxylic acids is 1. The van der Waals surface area contributed by atoms with Crippen LogP contribution >= 0.6 is 0 Å². The van der Waals surface area contributed by atoms with Crippen LogP contribution in [-0.2, 0) is 4.79 Å². The molecular weight excluding hydrogens is 129 g/mol. The maximum atomic E-state index is 11.2. The van der Waals surface area contributed by atoms with Gasteiger partial charge in [0, 0.05) is 6.92 Å². The minimum Gasteiger partial charge on any atom is -0.544 e. The molecule has 0 atom stereocenters. The van der Waals surface area contributed by atoms with Gasteiger partial charge in [-0.25, -0.2) is 8.78 Å². The molecule has 2 nitrogen and oxygen atoms in total. The minimum atomic E-state index is -3.69. The third-order valence-corrected chi connectivity index (χ3v) is 0.358. The number of halogens is 2. The third kappa shape index (κ3) is 4.49. The number of carbonyl (C=O) groups excluding carboxylic acids is 1. The van der Waals surface area contributed by atoms with Crippen LogP contribution in [0.2, 0.25) is 0 Å². The normalized spacial score (nSPS) is 9.88. The van der Waals surface area contributed by atoms with Crippen molar-refractivity contribution in [3.8, 4) is 0 Å². The summed E-state index contributed by atoms with van der Waals surface area (Å²) in [6, 6.07) is 0. The Morgan fingerprint density at radius 2 is 1.75 bits per heavy atom. The maximum Gasteiger partial charge on any atom is 1.00 e. The fourth-order valence-corrected chi connectivity index (χ4v) is 0. The van der Waals surface area contributed by atoms with Gasteiger partial charge in [-0.05, 0) is 0 Å². The van der Waals surface area contributed by atoms with Crippen molar-refractivity contribution < 1.29 is 48.2 Å². The molecule has 42 valence electrons. The molecule has 0 aromatic rings. The Balaban J connectivity index is 0. The first-order valence-corrected chi connectivity index (χ1v) is 1.54. The van der Waals surface area contributed by atoms with Crippen LogP contribution in [0.25, 0.3) is 0 Å². The fraction of sp³-hybridized carbons (Fsp3) is 0.667. The van der Waals surface area contributed by atoms with Crippen molar-refractivity contribution in [1.82, 2.24) is 0 Å². The minimum absolute atomic E-state index is 0. The average Bonchev–Trinajstić information content (AvgIpc) is 1.31. The van der Waals surface area contributed by atoms with Crippen LogP contribution in [0.3, 0.4) is 0 Å². The Bertz CT molecular complexity index is 87.8. The summed E-state index contributed by atoms with van der Waals surface area (Å²) in [6.07, 6.45) is 0. The van der Waals surface area contributed by atoms with Gasteiger partial charge in [0.2, 0.25) is 0 Å². The molecule has 0 saturated carbocycles. The predicted molar refractivity (Wildman–Crippen MR) is 15.6 cm³/mol. The van der Waals surface area contributed by atoms with Crippen LogP contribution < -0.4 is 34.7 Å². The molecule has 0 aliphatic heterocycles. The van der Waals surface area contributed by atoms with Gasteiger partial charge in [0.25, 0.3) is 5.92 Å². The Hall–Kier alpha value is 0.330. The van der Waals surface area contributed by atoms with E-state index in [1.807, 2.05) is 0 Å². The first-order chi connectivity index (χ1) is 2.94. The van der Waals surface area contributed by atoms with Crippen LogP contribution in [-0.4, -0.2) is 11.9 Å². The molecule has 0 N–H and O–H groups in total. The fourth-order valence-electron chi connectivity index (χ4n) is 0. The Kier molecular flexibility index (Phi) is 4.71. The van der Waals surface area contributed by atoms with Crippen LogP contribution in [0.1, 0.15) is 6.92 Å². The number of carbonyl (C=O) groups is 1. The summed E-state index contributed by atoms with van der Waals surface area (Å²) in [5.74, 6) is -6.03. The number of carboxylic acid groups (broad SMARTS) is 1. The van der Waals surface area contributed by atoms with E-state index in [-0.39, 0.29) is 36.5 Å². The zero-order chi connectivity index (χ0) is 6.08. The summed E-state index contributed by atoms with van der Waals surface area (Å²) in [7, 11) is 0. The average molecular weight is 132 g/mol. The number of alkyl halides is 2. The number of rotatable bonds is 1. The summed E-state index contributed by atoms with van der Waals surface area (Å²) in [4.78, 5) is 9.16. The van der Waals surface area contributed by atoms with E-state index in [2.05, 4.69) is 0 Å². The van der Waals surface area contributed by atoms with Crippen molar-refractivity contribution in [3.05, 3.63) is 0 Å². The second-order valence-electron chi connectivity index (χ2n) is 1.18. The molecule has 0 aliphatic rings. The molecule has 5 heteroatoms. The van der Waals surface area contributed by atoms with E-state index in [4.69, 9.17) is 9.90 Å². The van der Waals surface area contributed by atoms with E-state index in [0.717, 1.165) is 0 Å². The van der Waals surface area contributed by atoms with E-state index < -0.39 is 11.9 Å². The molecule has 0 bridgehead atoms. The van der Waals surface area contributed by atoms with E-state index in [0.29, 0.717) is 0 Å². The Morgan fingerprint density at radius 1 is 1.62 bits per heavy atom. The molecule has 0 amide bonds. The predicted octanol–water partition coefficient (Wildman–Crippen LogP) is -3.60. The van der Waals surface area contributed by atoms with Crippen LogP contribution in [0.15, 0.2) is 0 Å². The van der Waals surface area contributed by atoms with Gasteiger partial charge in [0.05, 0.1) is 0 Å². The monoisotopic (exact) mass is 132 g/mol. The molecule has 8 heavy (non-hydrogen) atoms. The molecule has 0 aromatic carbocycles. The summed E-state index contributed by atoms with van der Waals surface area (Å²) >= 11 is 0. The Labute approximate surface area is 67.2 Å². The van der Waals surface area contributed by atoms with Crippen molar-refractivity contribution in [1.29, 1.82) is 0 Å². The van der Waals surface area contributed by atoms with Crippen molar-refractivity contribution >= 4 is 5.97 Å². The summed E-state index contributed by atoms with van der Waals surface area (Å²) < 4.78 is 22.4. The van der Waals surface area contributed by atoms with Crippen molar-refractivity contribution in [2.45, 2.75) is 12.8 Å². The van der Waals surface area contributed by atoms with Crippen LogP contribution in [0.5, 0.6) is 0 Å². The molecule has 0 aliphatic carbocycles. The van der Waals surface area contributed by atoms with Crippen molar-refractivity contribution in [2.24, 2.45) is 0 Å². The van der Waals surface area contributed by atoms with E-state index in [1.165, 1.54) is 0 Å². The van der Waals surface area contributed by atoms with Gasteiger partial charge in [-0.1, -0.05) is 0 Å². The molecule has 0 spiro atoms. The Morgan fingerprint density at radius 3 is 1.75 bits per heavy atom. The summed E-state index contributed by atoms with van der Waals surface area (Å²) in [5, 5.41) is 9.16. The number of hydrogen-bond acceptors (Lipinski definition) is 2. The largest absolute Gasteiger partial charge is 1.00 e. The van der Waals surface area contributed by atoms with Gasteiger partial charge in [0.15, 0.2) is 0 Å². The summed E-state index contributed by atoms with van der Waals surface area (Å²) in [6.45, 7) is 0.266.